The molecule has 54 heavy (non-hydrogen) atoms. The number of rotatable bonds is 6. The molecule has 6 aromatic rings. The molecule has 0 saturated heterocycles. The Hall–Kier alpha value is -2.22. The van der Waals surface area contributed by atoms with Crippen LogP contribution < -0.4 is 24.8 Å². The standard InChI is InChI=1S/2C24H27.C2H6Si.2ClH.Zr/c2*1-17-11-18(2)13-21(12-17)22-8-6-7-20-14-19(15-23(20)22)16-24(3)9-4-5-10-24;1-3-2;;;/h2*6-8,11-15H,4-5,9-10,16H2,1-3H3;1-2H3;2*1H;/q2*-1;;;;+2/p-2. The van der Waals surface area contributed by atoms with E-state index in [-0.39, 0.29) is 30.2 Å². The van der Waals surface area contributed by atoms with Crippen LogP contribution in [-0.4, -0.2) is 5.43 Å². The Balaban J connectivity index is 0.000000212. The molecular formula is C50H60Cl2SiZr-2. The first-order valence-corrected chi connectivity index (χ1v) is 26.0. The van der Waals surface area contributed by atoms with Crippen molar-refractivity contribution in [1.29, 1.82) is 0 Å². The summed E-state index contributed by atoms with van der Waals surface area (Å²) in [6.45, 7) is 18.3. The smallest absolute Gasteiger partial charge is 0.0274 e. The van der Waals surface area contributed by atoms with Crippen molar-refractivity contribution in [2.45, 2.75) is 119 Å². The third-order valence-electron chi connectivity index (χ3n) is 11.6. The van der Waals surface area contributed by atoms with Crippen molar-refractivity contribution < 1.29 is 48.1 Å². The third-order valence-corrected chi connectivity index (χ3v) is 11.6. The van der Waals surface area contributed by atoms with Crippen LogP contribution in [0.4, 0.5) is 0 Å². The van der Waals surface area contributed by atoms with Gasteiger partial charge in [-0.15, -0.1) is 69.1 Å². The van der Waals surface area contributed by atoms with Crippen molar-refractivity contribution in [2.75, 3.05) is 0 Å². The van der Waals surface area contributed by atoms with Crippen LogP contribution in [0.5, 0.6) is 0 Å². The van der Waals surface area contributed by atoms with Crippen molar-refractivity contribution >= 4 is 27.0 Å². The number of hydrogen-bond donors (Lipinski definition) is 0. The molecule has 2 aliphatic carbocycles. The van der Waals surface area contributed by atoms with E-state index < -0.39 is 0 Å². The van der Waals surface area contributed by atoms with Gasteiger partial charge in [-0.3, -0.25) is 0 Å². The van der Waals surface area contributed by atoms with Gasteiger partial charge in [0.2, 0.25) is 0 Å². The molecule has 8 rings (SSSR count). The maximum absolute atomic E-state index is 2.47. The maximum Gasteiger partial charge on any atom is -0.0274 e. The van der Waals surface area contributed by atoms with Gasteiger partial charge < -0.3 is 24.8 Å². The summed E-state index contributed by atoms with van der Waals surface area (Å²) >= 11 is 1.74. The number of halogens is 2. The minimum absolute atomic E-state index is 0. The molecule has 0 atom stereocenters. The fraction of sp³-hybridized carbons (Fsp3) is 0.400. The predicted octanol–water partition coefficient (Wildman–Crippen LogP) is 8.72. The molecule has 0 unspecified atom stereocenters. The first kappa shape index (κ1) is 44.5. The normalized spacial score (nSPS) is 15.4. The Morgan fingerprint density at radius 2 is 0.852 bits per heavy atom. The van der Waals surface area contributed by atoms with Crippen LogP contribution in [0.1, 0.15) is 98.6 Å². The Morgan fingerprint density at radius 3 is 1.17 bits per heavy atom. The van der Waals surface area contributed by atoms with Crippen molar-refractivity contribution in [3.8, 4) is 22.3 Å². The molecule has 0 aliphatic heterocycles. The number of fused-ring (bicyclic) bond motifs is 2. The van der Waals surface area contributed by atoms with Gasteiger partial charge in [0, 0.05) is 0 Å². The summed E-state index contributed by atoms with van der Waals surface area (Å²) in [6, 6.07) is 37.0. The Kier molecular flexibility index (Phi) is 15.9. The molecule has 284 valence electrons. The first-order valence-electron chi connectivity index (χ1n) is 19.8. The molecule has 4 heteroatoms. The van der Waals surface area contributed by atoms with Crippen molar-refractivity contribution in [2.24, 2.45) is 10.8 Å². The monoisotopic (exact) mass is 848 g/mol. The quantitative estimate of drug-likeness (QED) is 0.116. The average Bonchev–Trinajstić information content (AvgIpc) is 3.86. The zero-order valence-electron chi connectivity index (χ0n) is 34.1. The summed E-state index contributed by atoms with van der Waals surface area (Å²) in [7, 11) is 0. The van der Waals surface area contributed by atoms with Gasteiger partial charge in [-0.1, -0.05) is 121 Å². The van der Waals surface area contributed by atoms with Gasteiger partial charge >= 0.3 is 41.9 Å². The molecule has 0 aromatic heterocycles. The number of hydrogen-bond acceptors (Lipinski definition) is 0. The SMILES string of the molecule is C[Si](C)=[Zr+2].Cc1cc(C)cc(-c2cccc3[cH-]c(CC4(C)CCCC4)cc23)c1.Cc1cc(C)cc(-c2cccc3[cH-]c(CC4(C)CCCC4)cc23)c1.[Cl-].[Cl-]. The molecule has 2 saturated carbocycles. The fourth-order valence-electron chi connectivity index (χ4n) is 9.36. The summed E-state index contributed by atoms with van der Waals surface area (Å²) in [6.07, 6.45) is 13.6. The number of benzene rings is 4. The number of aryl methyl sites for hydroxylation is 4. The van der Waals surface area contributed by atoms with Gasteiger partial charge in [-0.2, -0.15) is 12.1 Å². The van der Waals surface area contributed by atoms with Crippen LogP contribution in [0.3, 0.4) is 0 Å². The molecule has 0 bridgehead atoms. The van der Waals surface area contributed by atoms with E-state index in [1.165, 1.54) is 141 Å². The van der Waals surface area contributed by atoms with Gasteiger partial charge in [0.15, 0.2) is 0 Å². The molecule has 0 nitrogen and oxygen atoms in total. The van der Waals surface area contributed by atoms with Crippen LogP contribution in [-0.2, 0) is 36.2 Å². The second kappa shape index (κ2) is 19.3. The summed E-state index contributed by atoms with van der Waals surface area (Å²) in [4.78, 5) is 0. The third kappa shape index (κ3) is 11.4. The predicted molar refractivity (Wildman–Crippen MR) is 227 cm³/mol. The second-order valence-corrected chi connectivity index (χ2v) is 26.9. The molecule has 0 spiro atoms. The summed E-state index contributed by atoms with van der Waals surface area (Å²) in [5.74, 6) is 0. The Bertz CT molecular complexity index is 1980. The van der Waals surface area contributed by atoms with Crippen molar-refractivity contribution in [3.63, 3.8) is 0 Å². The van der Waals surface area contributed by atoms with Crippen molar-refractivity contribution in [1.82, 2.24) is 0 Å². The maximum atomic E-state index is 2.47. The van der Waals surface area contributed by atoms with E-state index in [1.807, 2.05) is 0 Å². The molecule has 0 radical (unpaired) electrons. The summed E-state index contributed by atoms with van der Waals surface area (Å²) in [5.41, 5.74) is 15.1. The van der Waals surface area contributed by atoms with Crippen LogP contribution in [0, 0.1) is 38.5 Å². The van der Waals surface area contributed by atoms with Gasteiger partial charge in [0.1, 0.15) is 0 Å². The minimum atomic E-state index is 0. The van der Waals surface area contributed by atoms with Crippen LogP contribution in [0.15, 0.2) is 97.1 Å². The van der Waals surface area contributed by atoms with E-state index in [1.54, 1.807) is 23.3 Å². The second-order valence-electron chi connectivity index (χ2n) is 17.5. The molecule has 6 aromatic carbocycles. The Labute approximate surface area is 354 Å². The molecule has 0 heterocycles. The topological polar surface area (TPSA) is 0 Å². The molecule has 2 aliphatic rings. The van der Waals surface area contributed by atoms with E-state index in [2.05, 4.69) is 152 Å². The summed E-state index contributed by atoms with van der Waals surface area (Å²) in [5, 5.41) is 5.62. The van der Waals surface area contributed by atoms with E-state index in [4.69, 9.17) is 0 Å². The largest absolute Gasteiger partial charge is 1.00 e. The fourth-order valence-corrected chi connectivity index (χ4v) is 9.36. The van der Waals surface area contributed by atoms with E-state index in [9.17, 15) is 0 Å². The van der Waals surface area contributed by atoms with Gasteiger partial charge in [-0.25, -0.2) is 0 Å². The van der Waals surface area contributed by atoms with E-state index in [0.29, 0.717) is 10.8 Å². The molecule has 0 amide bonds. The molecular weight excluding hydrogens is 791 g/mol. The van der Waals surface area contributed by atoms with E-state index in [0.717, 1.165) is 0 Å². The zero-order valence-corrected chi connectivity index (χ0v) is 39.0. The van der Waals surface area contributed by atoms with E-state index >= 15 is 0 Å². The van der Waals surface area contributed by atoms with Crippen LogP contribution in [0.25, 0.3) is 43.8 Å². The summed E-state index contributed by atoms with van der Waals surface area (Å²) < 4.78 is 0. The van der Waals surface area contributed by atoms with Crippen molar-refractivity contribution in [3.05, 3.63) is 130 Å². The Morgan fingerprint density at radius 1 is 0.537 bits per heavy atom. The first-order chi connectivity index (χ1) is 24.8. The molecule has 2 fully saturated rings. The van der Waals surface area contributed by atoms with Crippen LogP contribution >= 0.6 is 0 Å². The van der Waals surface area contributed by atoms with Gasteiger partial charge in [0.25, 0.3) is 0 Å². The average molecular weight is 851 g/mol. The van der Waals surface area contributed by atoms with Gasteiger partial charge in [-0.05, 0) is 88.2 Å². The van der Waals surface area contributed by atoms with Gasteiger partial charge in [0.05, 0.1) is 0 Å². The minimum Gasteiger partial charge on any atom is -1.00 e. The van der Waals surface area contributed by atoms with Crippen LogP contribution in [0.2, 0.25) is 13.1 Å². The zero-order chi connectivity index (χ0) is 37.0. The molecule has 0 N–H and O–H groups in total.